The van der Waals surface area contributed by atoms with Crippen molar-refractivity contribution in [2.75, 3.05) is 18.5 Å². The van der Waals surface area contributed by atoms with Gasteiger partial charge in [-0.15, -0.1) is 0 Å². The Morgan fingerprint density at radius 3 is 2.80 bits per heavy atom. The van der Waals surface area contributed by atoms with Crippen molar-refractivity contribution in [3.8, 4) is 0 Å². The lowest BCUT2D eigenvalue weighted by atomic mass is 10.1. The largest absolute Gasteiger partial charge is 0.375 e. The Morgan fingerprint density at radius 1 is 1.50 bits per heavy atom. The third kappa shape index (κ3) is 3.07. The molecule has 2 atom stereocenters. The predicted octanol–water partition coefficient (Wildman–Crippen LogP) is 1.42. The quantitative estimate of drug-likeness (QED) is 0.630. The van der Waals surface area contributed by atoms with E-state index in [9.17, 15) is 14.9 Å². The molecule has 0 unspecified atom stereocenters. The first-order chi connectivity index (χ1) is 9.54. The average Bonchev–Trinajstić information content (AvgIpc) is 3.25. The molecule has 1 aromatic rings. The van der Waals surface area contributed by atoms with E-state index in [1.165, 1.54) is 0 Å². The second kappa shape index (κ2) is 5.90. The average molecular weight is 277 g/mol. The minimum Gasteiger partial charge on any atom is -0.375 e. The van der Waals surface area contributed by atoms with Crippen molar-refractivity contribution >= 4 is 11.6 Å². The summed E-state index contributed by atoms with van der Waals surface area (Å²) < 4.78 is 0. The number of hydrogen-bond acceptors (Lipinski definition) is 4. The van der Waals surface area contributed by atoms with Crippen LogP contribution in [0.4, 0.5) is 5.69 Å². The second-order valence-electron chi connectivity index (χ2n) is 5.06. The van der Waals surface area contributed by atoms with E-state index >= 15 is 0 Å². The number of carbonyl (C=O) groups is 1. The maximum atomic E-state index is 11.8. The standard InChI is InChI=1S/C14H19N3O3/c1-3-16(2)12-7-5-4-6-10(12)9-15-14(18)11-8-13(11)17(19)20/h4-7,11,13H,3,8-9H2,1-2H3,(H,15,18)/t11-,13+/m1/s1. The van der Waals surface area contributed by atoms with Crippen LogP contribution in [0.3, 0.4) is 0 Å². The number of amides is 1. The zero-order chi connectivity index (χ0) is 14.7. The third-order valence-electron chi connectivity index (χ3n) is 3.69. The summed E-state index contributed by atoms with van der Waals surface area (Å²) in [6, 6.07) is 7.15. The summed E-state index contributed by atoms with van der Waals surface area (Å²) >= 11 is 0. The van der Waals surface area contributed by atoms with Crippen LogP contribution in [0.5, 0.6) is 0 Å². The summed E-state index contributed by atoms with van der Waals surface area (Å²) in [6.45, 7) is 3.33. The molecular formula is C14H19N3O3. The van der Waals surface area contributed by atoms with Crippen LogP contribution >= 0.6 is 0 Å². The van der Waals surface area contributed by atoms with Gasteiger partial charge in [-0.3, -0.25) is 14.9 Å². The van der Waals surface area contributed by atoms with Crippen molar-refractivity contribution in [2.24, 2.45) is 5.92 Å². The molecule has 1 N–H and O–H groups in total. The van der Waals surface area contributed by atoms with E-state index in [4.69, 9.17) is 0 Å². The van der Waals surface area contributed by atoms with E-state index in [-0.39, 0.29) is 10.8 Å². The molecule has 1 aliphatic carbocycles. The maximum absolute atomic E-state index is 11.8. The zero-order valence-electron chi connectivity index (χ0n) is 11.7. The molecule has 1 fully saturated rings. The van der Waals surface area contributed by atoms with E-state index in [1.54, 1.807) is 0 Å². The molecule has 0 radical (unpaired) electrons. The van der Waals surface area contributed by atoms with Crippen molar-refractivity contribution in [3.05, 3.63) is 39.9 Å². The Hall–Kier alpha value is -2.11. The highest BCUT2D eigenvalue weighted by molar-refractivity contribution is 5.82. The highest BCUT2D eigenvalue weighted by Gasteiger charge is 2.53. The fourth-order valence-corrected chi connectivity index (χ4v) is 2.21. The molecule has 1 aliphatic rings. The Bertz CT molecular complexity index is 518. The summed E-state index contributed by atoms with van der Waals surface area (Å²) in [6.07, 6.45) is 0.356. The zero-order valence-corrected chi connectivity index (χ0v) is 11.7. The van der Waals surface area contributed by atoms with Crippen molar-refractivity contribution < 1.29 is 9.72 Å². The molecule has 0 aliphatic heterocycles. The number of benzene rings is 1. The molecule has 0 aromatic heterocycles. The number of carbonyl (C=O) groups excluding carboxylic acids is 1. The van der Waals surface area contributed by atoms with Gasteiger partial charge in [0.05, 0.1) is 0 Å². The van der Waals surface area contributed by atoms with Gasteiger partial charge in [-0.1, -0.05) is 18.2 Å². The summed E-state index contributed by atoms with van der Waals surface area (Å²) in [7, 11) is 1.99. The summed E-state index contributed by atoms with van der Waals surface area (Å²) in [5.74, 6) is -0.679. The molecular weight excluding hydrogens is 258 g/mol. The minimum absolute atomic E-state index is 0.222. The number of rotatable bonds is 6. The molecule has 0 bridgehead atoms. The maximum Gasteiger partial charge on any atom is 0.230 e. The van der Waals surface area contributed by atoms with Gasteiger partial charge in [-0.25, -0.2) is 0 Å². The lowest BCUT2D eigenvalue weighted by molar-refractivity contribution is -0.497. The van der Waals surface area contributed by atoms with Crippen molar-refractivity contribution in [2.45, 2.75) is 25.9 Å². The smallest absolute Gasteiger partial charge is 0.230 e. The highest BCUT2D eigenvalue weighted by Crippen LogP contribution is 2.33. The molecule has 1 saturated carbocycles. The first-order valence-corrected chi connectivity index (χ1v) is 6.74. The monoisotopic (exact) mass is 277 g/mol. The lowest BCUT2D eigenvalue weighted by Gasteiger charge is -2.20. The van der Waals surface area contributed by atoms with Gasteiger partial charge in [0.25, 0.3) is 0 Å². The number of hydrogen-bond donors (Lipinski definition) is 1. The van der Waals surface area contributed by atoms with Crippen LogP contribution in [0.15, 0.2) is 24.3 Å². The van der Waals surface area contributed by atoms with Crippen molar-refractivity contribution in [1.29, 1.82) is 0 Å². The number of nitro groups is 1. The Balaban J connectivity index is 1.95. The normalized spacial score (nSPS) is 20.3. The van der Waals surface area contributed by atoms with E-state index < -0.39 is 12.0 Å². The van der Waals surface area contributed by atoms with Gasteiger partial charge in [0.1, 0.15) is 5.92 Å². The van der Waals surface area contributed by atoms with Crippen LogP contribution in [-0.2, 0) is 11.3 Å². The first kappa shape index (κ1) is 14.3. The molecule has 6 heteroatoms. The van der Waals surface area contributed by atoms with Crippen molar-refractivity contribution in [1.82, 2.24) is 5.32 Å². The van der Waals surface area contributed by atoms with Crippen LogP contribution in [0.1, 0.15) is 18.9 Å². The van der Waals surface area contributed by atoms with Gasteiger partial charge in [0.15, 0.2) is 0 Å². The van der Waals surface area contributed by atoms with E-state index in [2.05, 4.69) is 17.1 Å². The predicted molar refractivity (Wildman–Crippen MR) is 76.1 cm³/mol. The molecule has 0 saturated heterocycles. The van der Waals surface area contributed by atoms with Gasteiger partial charge in [0, 0.05) is 37.2 Å². The topological polar surface area (TPSA) is 75.5 Å². The van der Waals surface area contributed by atoms with E-state index in [0.29, 0.717) is 13.0 Å². The van der Waals surface area contributed by atoms with Crippen LogP contribution in [0, 0.1) is 16.0 Å². The molecule has 108 valence electrons. The number of para-hydroxylation sites is 1. The summed E-state index contributed by atoms with van der Waals surface area (Å²) in [5.41, 5.74) is 2.08. The molecule has 6 nitrogen and oxygen atoms in total. The van der Waals surface area contributed by atoms with Gasteiger partial charge in [-0.05, 0) is 18.6 Å². The number of anilines is 1. The molecule has 2 rings (SSSR count). The minimum atomic E-state index is -0.691. The van der Waals surface area contributed by atoms with Crippen LogP contribution in [0.2, 0.25) is 0 Å². The van der Waals surface area contributed by atoms with Gasteiger partial charge >= 0.3 is 0 Å². The van der Waals surface area contributed by atoms with Crippen LogP contribution in [-0.4, -0.2) is 30.5 Å². The molecule has 1 aromatic carbocycles. The van der Waals surface area contributed by atoms with Gasteiger partial charge in [0.2, 0.25) is 11.9 Å². The molecule has 0 heterocycles. The Morgan fingerprint density at radius 2 is 2.20 bits per heavy atom. The van der Waals surface area contributed by atoms with Crippen molar-refractivity contribution in [3.63, 3.8) is 0 Å². The highest BCUT2D eigenvalue weighted by atomic mass is 16.6. The first-order valence-electron chi connectivity index (χ1n) is 6.74. The molecule has 20 heavy (non-hydrogen) atoms. The van der Waals surface area contributed by atoms with E-state index in [1.807, 2.05) is 31.3 Å². The third-order valence-corrected chi connectivity index (χ3v) is 3.69. The van der Waals surface area contributed by atoms with Crippen LogP contribution in [0.25, 0.3) is 0 Å². The fourth-order valence-electron chi connectivity index (χ4n) is 2.21. The van der Waals surface area contributed by atoms with E-state index in [0.717, 1.165) is 17.8 Å². The second-order valence-corrected chi connectivity index (χ2v) is 5.06. The summed E-state index contributed by atoms with van der Waals surface area (Å²) in [5, 5.41) is 13.3. The Kier molecular flexibility index (Phi) is 4.22. The molecule has 0 spiro atoms. The van der Waals surface area contributed by atoms with Gasteiger partial charge in [-0.2, -0.15) is 0 Å². The fraction of sp³-hybridized carbons (Fsp3) is 0.500. The Labute approximate surface area is 117 Å². The number of nitrogens with zero attached hydrogens (tertiary/aromatic N) is 2. The SMILES string of the molecule is CCN(C)c1ccccc1CNC(=O)[C@@H]1C[C@@H]1[N+](=O)[O-]. The van der Waals surface area contributed by atoms with Crippen LogP contribution < -0.4 is 10.2 Å². The van der Waals surface area contributed by atoms with Gasteiger partial charge < -0.3 is 10.2 Å². The summed E-state index contributed by atoms with van der Waals surface area (Å²) in [4.78, 5) is 24.1. The number of nitrogens with one attached hydrogen (secondary N) is 1. The lowest BCUT2D eigenvalue weighted by Crippen LogP contribution is -2.28. The molecule has 1 amide bonds.